The van der Waals surface area contributed by atoms with Crippen molar-refractivity contribution in [1.82, 2.24) is 10.3 Å². The molecule has 2 heterocycles. The van der Waals surface area contributed by atoms with Crippen molar-refractivity contribution in [1.29, 1.82) is 0 Å². The summed E-state index contributed by atoms with van der Waals surface area (Å²) in [6.07, 6.45) is 5.74. The Labute approximate surface area is 106 Å². The standard InChI is InChI=1S/C12H20N2S2/c1-3-11-8-13-12(16-11)9(2)14-10-4-6-15-7-5-10/h8-10,14H,3-7H2,1-2H3. The third kappa shape index (κ3) is 3.22. The molecule has 0 radical (unpaired) electrons. The Kier molecular flexibility index (Phi) is 4.67. The van der Waals surface area contributed by atoms with E-state index in [1.807, 2.05) is 17.5 Å². The van der Waals surface area contributed by atoms with Crippen molar-refractivity contribution >= 4 is 23.1 Å². The molecular formula is C12H20N2S2. The van der Waals surface area contributed by atoms with Gasteiger partial charge in [0, 0.05) is 17.1 Å². The number of nitrogens with one attached hydrogen (secondary N) is 1. The minimum Gasteiger partial charge on any atom is -0.305 e. The lowest BCUT2D eigenvalue weighted by Gasteiger charge is -2.25. The molecule has 16 heavy (non-hydrogen) atoms. The molecule has 1 atom stereocenters. The maximum Gasteiger partial charge on any atom is 0.109 e. The van der Waals surface area contributed by atoms with Crippen molar-refractivity contribution in [2.75, 3.05) is 11.5 Å². The fraction of sp³-hybridized carbons (Fsp3) is 0.750. The van der Waals surface area contributed by atoms with Crippen molar-refractivity contribution < 1.29 is 0 Å². The third-order valence-electron chi connectivity index (χ3n) is 3.00. The van der Waals surface area contributed by atoms with Gasteiger partial charge in [-0.05, 0) is 37.7 Å². The molecule has 0 bridgehead atoms. The van der Waals surface area contributed by atoms with Gasteiger partial charge in [-0.2, -0.15) is 11.8 Å². The first-order valence-electron chi connectivity index (χ1n) is 6.08. The van der Waals surface area contributed by atoms with Crippen LogP contribution in [0.25, 0.3) is 0 Å². The molecule has 0 saturated carbocycles. The van der Waals surface area contributed by atoms with Crippen LogP contribution in [0.4, 0.5) is 0 Å². The summed E-state index contributed by atoms with van der Waals surface area (Å²) in [5, 5.41) is 4.95. The highest BCUT2D eigenvalue weighted by Gasteiger charge is 2.18. The Morgan fingerprint density at radius 2 is 2.25 bits per heavy atom. The van der Waals surface area contributed by atoms with Gasteiger partial charge in [0.1, 0.15) is 5.01 Å². The highest BCUT2D eigenvalue weighted by atomic mass is 32.2. The lowest BCUT2D eigenvalue weighted by atomic mass is 10.1. The van der Waals surface area contributed by atoms with Gasteiger partial charge in [0.25, 0.3) is 0 Å². The normalized spacial score (nSPS) is 19.9. The lowest BCUT2D eigenvalue weighted by Crippen LogP contribution is -2.34. The van der Waals surface area contributed by atoms with Crippen LogP contribution in [0.5, 0.6) is 0 Å². The van der Waals surface area contributed by atoms with Crippen LogP contribution in [-0.4, -0.2) is 22.5 Å². The molecule has 1 aromatic rings. The summed E-state index contributed by atoms with van der Waals surface area (Å²) in [6, 6.07) is 1.11. The average molecular weight is 256 g/mol. The fourth-order valence-electron chi connectivity index (χ4n) is 1.98. The molecule has 2 nitrogen and oxygen atoms in total. The van der Waals surface area contributed by atoms with Crippen molar-refractivity contribution in [2.45, 2.75) is 45.2 Å². The molecule has 1 N–H and O–H groups in total. The quantitative estimate of drug-likeness (QED) is 0.895. The predicted molar refractivity (Wildman–Crippen MR) is 73.4 cm³/mol. The van der Waals surface area contributed by atoms with Crippen LogP contribution in [-0.2, 0) is 6.42 Å². The molecule has 1 fully saturated rings. The topological polar surface area (TPSA) is 24.9 Å². The summed E-state index contributed by atoms with van der Waals surface area (Å²) in [6.45, 7) is 4.42. The van der Waals surface area contributed by atoms with Gasteiger partial charge in [-0.1, -0.05) is 6.92 Å². The van der Waals surface area contributed by atoms with Gasteiger partial charge < -0.3 is 5.32 Å². The van der Waals surface area contributed by atoms with Crippen LogP contribution in [0.2, 0.25) is 0 Å². The number of hydrogen-bond acceptors (Lipinski definition) is 4. The Hall–Kier alpha value is -0.0600. The van der Waals surface area contributed by atoms with E-state index in [1.165, 1.54) is 34.2 Å². The molecule has 1 aliphatic heterocycles. The number of aromatic nitrogens is 1. The molecule has 1 aromatic heterocycles. The Morgan fingerprint density at radius 1 is 1.50 bits per heavy atom. The Balaban J connectivity index is 1.88. The van der Waals surface area contributed by atoms with Crippen molar-refractivity contribution in [3.05, 3.63) is 16.1 Å². The van der Waals surface area contributed by atoms with Gasteiger partial charge in [0.15, 0.2) is 0 Å². The summed E-state index contributed by atoms with van der Waals surface area (Å²) in [5.74, 6) is 2.62. The van der Waals surface area contributed by atoms with Crippen molar-refractivity contribution in [3.8, 4) is 0 Å². The van der Waals surface area contributed by atoms with Crippen LogP contribution >= 0.6 is 23.1 Å². The van der Waals surface area contributed by atoms with Gasteiger partial charge in [-0.15, -0.1) is 11.3 Å². The van der Waals surface area contributed by atoms with Gasteiger partial charge >= 0.3 is 0 Å². The Morgan fingerprint density at radius 3 is 2.88 bits per heavy atom. The van der Waals surface area contributed by atoms with Crippen LogP contribution < -0.4 is 5.32 Å². The molecule has 0 aromatic carbocycles. The number of rotatable bonds is 4. The molecule has 0 spiro atoms. The Bertz CT molecular complexity index is 319. The second-order valence-electron chi connectivity index (χ2n) is 4.29. The second kappa shape index (κ2) is 6.03. The fourth-order valence-corrected chi connectivity index (χ4v) is 3.95. The minimum atomic E-state index is 0.415. The molecular weight excluding hydrogens is 236 g/mol. The van der Waals surface area contributed by atoms with E-state index in [-0.39, 0.29) is 0 Å². The predicted octanol–water partition coefficient (Wildman–Crippen LogP) is 3.25. The number of thiazole rings is 1. The molecule has 0 amide bonds. The van der Waals surface area contributed by atoms with Gasteiger partial charge in [-0.25, -0.2) is 4.98 Å². The number of aryl methyl sites for hydroxylation is 1. The molecule has 2 rings (SSSR count). The smallest absolute Gasteiger partial charge is 0.109 e. The number of nitrogens with zero attached hydrogens (tertiary/aromatic N) is 1. The number of thioether (sulfide) groups is 1. The molecule has 90 valence electrons. The summed E-state index contributed by atoms with van der Waals surface area (Å²) in [5.41, 5.74) is 0. The van der Waals surface area contributed by atoms with E-state index < -0.39 is 0 Å². The first-order chi connectivity index (χ1) is 7.79. The van der Waals surface area contributed by atoms with E-state index in [0.717, 1.165) is 6.42 Å². The zero-order valence-corrected chi connectivity index (χ0v) is 11.7. The largest absolute Gasteiger partial charge is 0.305 e. The van der Waals surface area contributed by atoms with E-state index >= 15 is 0 Å². The van der Waals surface area contributed by atoms with Gasteiger partial charge in [0.05, 0.1) is 6.04 Å². The monoisotopic (exact) mass is 256 g/mol. The van der Waals surface area contributed by atoms with E-state index in [4.69, 9.17) is 0 Å². The lowest BCUT2D eigenvalue weighted by molar-refractivity contribution is 0.430. The molecule has 1 aliphatic rings. The average Bonchev–Trinajstić information content (AvgIpc) is 2.79. The maximum absolute atomic E-state index is 4.50. The van der Waals surface area contributed by atoms with E-state index in [2.05, 4.69) is 35.9 Å². The summed E-state index contributed by atoms with van der Waals surface area (Å²) < 4.78 is 0. The summed E-state index contributed by atoms with van der Waals surface area (Å²) >= 11 is 3.93. The first kappa shape index (κ1) is 12.4. The third-order valence-corrected chi connectivity index (χ3v) is 5.37. The van der Waals surface area contributed by atoms with Gasteiger partial charge in [0.2, 0.25) is 0 Å². The number of hydrogen-bond donors (Lipinski definition) is 1. The molecule has 4 heteroatoms. The van der Waals surface area contributed by atoms with Crippen LogP contribution in [0, 0.1) is 0 Å². The molecule has 0 aliphatic carbocycles. The van der Waals surface area contributed by atoms with Crippen LogP contribution in [0.3, 0.4) is 0 Å². The molecule has 1 saturated heterocycles. The zero-order valence-electron chi connectivity index (χ0n) is 10.0. The van der Waals surface area contributed by atoms with E-state index in [9.17, 15) is 0 Å². The first-order valence-corrected chi connectivity index (χ1v) is 8.05. The second-order valence-corrected chi connectivity index (χ2v) is 6.66. The highest BCUT2D eigenvalue weighted by molar-refractivity contribution is 7.99. The summed E-state index contributed by atoms with van der Waals surface area (Å²) in [4.78, 5) is 5.89. The van der Waals surface area contributed by atoms with Crippen molar-refractivity contribution in [2.24, 2.45) is 0 Å². The van der Waals surface area contributed by atoms with E-state index in [1.54, 1.807) is 0 Å². The highest BCUT2D eigenvalue weighted by Crippen LogP contribution is 2.23. The molecule has 1 unspecified atom stereocenters. The summed E-state index contributed by atoms with van der Waals surface area (Å²) in [7, 11) is 0. The van der Waals surface area contributed by atoms with Crippen molar-refractivity contribution in [3.63, 3.8) is 0 Å². The zero-order chi connectivity index (χ0) is 11.4. The van der Waals surface area contributed by atoms with E-state index in [0.29, 0.717) is 12.1 Å². The maximum atomic E-state index is 4.50. The van der Waals surface area contributed by atoms with Gasteiger partial charge in [-0.3, -0.25) is 0 Å². The SMILES string of the molecule is CCc1cnc(C(C)NC2CCSCC2)s1. The minimum absolute atomic E-state index is 0.415. The van der Waals surface area contributed by atoms with Crippen LogP contribution in [0.15, 0.2) is 6.20 Å². The van der Waals surface area contributed by atoms with Crippen LogP contribution in [0.1, 0.15) is 42.6 Å².